The molecule has 1 aliphatic rings. The molecule has 142 valence electrons. The monoisotopic (exact) mass is 388 g/mol. The molecule has 0 aliphatic carbocycles. The van der Waals surface area contributed by atoms with Crippen molar-refractivity contribution in [3.8, 4) is 17.4 Å². The molecule has 1 fully saturated rings. The molecule has 3 aromatic rings. The number of para-hydroxylation sites is 1. The third kappa shape index (κ3) is 4.68. The Morgan fingerprint density at radius 1 is 1.00 bits per heavy atom. The molecule has 3 heterocycles. The quantitative estimate of drug-likeness (QED) is 0.615. The van der Waals surface area contributed by atoms with Gasteiger partial charge in [-0.05, 0) is 24.3 Å². The zero-order valence-electron chi connectivity index (χ0n) is 14.9. The number of halogens is 1. The summed E-state index contributed by atoms with van der Waals surface area (Å²) in [6.45, 7) is 6.01. The van der Waals surface area contributed by atoms with Crippen molar-refractivity contribution in [3.63, 3.8) is 0 Å². The molecule has 0 amide bonds. The summed E-state index contributed by atoms with van der Waals surface area (Å²) in [5.74, 6) is 2.36. The molecule has 0 spiro atoms. The van der Waals surface area contributed by atoms with Crippen LogP contribution in [0.25, 0.3) is 11.7 Å². The van der Waals surface area contributed by atoms with Crippen molar-refractivity contribution in [1.82, 2.24) is 20.0 Å². The molecule has 1 aromatic carbocycles. The van der Waals surface area contributed by atoms with Crippen molar-refractivity contribution < 1.29 is 13.6 Å². The van der Waals surface area contributed by atoms with Gasteiger partial charge in [0.05, 0.1) is 17.8 Å². The van der Waals surface area contributed by atoms with E-state index in [0.29, 0.717) is 35.7 Å². The predicted octanol–water partition coefficient (Wildman–Crippen LogP) is 3.18. The zero-order valence-corrected chi connectivity index (χ0v) is 15.6. The lowest BCUT2D eigenvalue weighted by atomic mass is 10.3. The number of benzene rings is 1. The number of ether oxygens (including phenoxy) is 1. The molecule has 1 aliphatic heterocycles. The molecule has 0 N–H and O–H groups in total. The van der Waals surface area contributed by atoms with E-state index in [2.05, 4.69) is 20.0 Å². The van der Waals surface area contributed by atoms with E-state index in [1.807, 2.05) is 24.3 Å². The fourth-order valence-corrected chi connectivity index (χ4v) is 3.22. The second-order valence-corrected chi connectivity index (χ2v) is 6.78. The van der Waals surface area contributed by atoms with Crippen LogP contribution in [0.1, 0.15) is 5.89 Å². The van der Waals surface area contributed by atoms with E-state index in [4.69, 9.17) is 25.2 Å². The normalized spacial score (nSPS) is 15.9. The van der Waals surface area contributed by atoms with Gasteiger partial charge in [-0.3, -0.25) is 9.80 Å². The van der Waals surface area contributed by atoms with Gasteiger partial charge in [-0.15, -0.1) is 10.2 Å². The average Bonchev–Trinajstić information content (AvgIpc) is 3.36. The largest absolute Gasteiger partial charge is 0.491 e. The van der Waals surface area contributed by atoms with E-state index in [0.717, 1.165) is 38.5 Å². The highest BCUT2D eigenvalue weighted by Crippen LogP contribution is 2.23. The maximum absolute atomic E-state index is 6.11. The first-order valence-corrected chi connectivity index (χ1v) is 9.34. The van der Waals surface area contributed by atoms with E-state index in [-0.39, 0.29) is 0 Å². The summed E-state index contributed by atoms with van der Waals surface area (Å²) >= 11 is 6.11. The predicted molar refractivity (Wildman–Crippen MR) is 101 cm³/mol. The third-order valence-corrected chi connectivity index (χ3v) is 4.84. The fourth-order valence-electron chi connectivity index (χ4n) is 3.03. The molecule has 0 saturated carbocycles. The van der Waals surface area contributed by atoms with Crippen molar-refractivity contribution in [2.24, 2.45) is 0 Å². The molecule has 4 rings (SSSR count). The summed E-state index contributed by atoms with van der Waals surface area (Å²) in [6, 6.07) is 11.2. The van der Waals surface area contributed by atoms with Crippen LogP contribution in [0.5, 0.6) is 5.75 Å². The van der Waals surface area contributed by atoms with E-state index < -0.39 is 0 Å². The summed E-state index contributed by atoms with van der Waals surface area (Å²) in [5.41, 5.74) is 0. The SMILES string of the molecule is Clc1ccccc1OCCN1CCN(Cc2nnc(-c3ccco3)o2)CC1. The minimum atomic E-state index is 0.422. The highest BCUT2D eigenvalue weighted by molar-refractivity contribution is 6.32. The first-order chi connectivity index (χ1) is 13.3. The van der Waals surface area contributed by atoms with Gasteiger partial charge >= 0.3 is 0 Å². The van der Waals surface area contributed by atoms with Crippen molar-refractivity contribution in [2.75, 3.05) is 39.3 Å². The number of aromatic nitrogens is 2. The number of nitrogens with zero attached hydrogens (tertiary/aromatic N) is 4. The highest BCUT2D eigenvalue weighted by Gasteiger charge is 2.19. The second-order valence-electron chi connectivity index (χ2n) is 6.37. The Bertz CT molecular complexity index is 844. The van der Waals surface area contributed by atoms with Gasteiger partial charge in [-0.2, -0.15) is 0 Å². The van der Waals surface area contributed by atoms with Gasteiger partial charge in [0.15, 0.2) is 5.76 Å². The van der Waals surface area contributed by atoms with Crippen molar-refractivity contribution in [3.05, 3.63) is 53.6 Å². The second kappa shape index (κ2) is 8.56. The van der Waals surface area contributed by atoms with Gasteiger partial charge in [0, 0.05) is 32.7 Å². The number of hydrogen-bond donors (Lipinski definition) is 0. The Labute approximate surface area is 162 Å². The standard InChI is InChI=1S/C19H21ClN4O3/c20-15-4-1-2-5-16(15)26-13-11-23-7-9-24(10-8-23)14-18-21-22-19(27-18)17-6-3-12-25-17/h1-6,12H,7-11,13-14H2. The van der Waals surface area contributed by atoms with Crippen LogP contribution in [0.15, 0.2) is 51.5 Å². The van der Waals surface area contributed by atoms with Gasteiger partial charge < -0.3 is 13.6 Å². The topological polar surface area (TPSA) is 67.8 Å². The Morgan fingerprint density at radius 3 is 2.59 bits per heavy atom. The molecule has 0 atom stereocenters. The molecular weight excluding hydrogens is 368 g/mol. The minimum absolute atomic E-state index is 0.422. The van der Waals surface area contributed by atoms with Crippen LogP contribution < -0.4 is 4.74 Å². The molecule has 7 nitrogen and oxygen atoms in total. The maximum Gasteiger partial charge on any atom is 0.283 e. The van der Waals surface area contributed by atoms with Crippen LogP contribution in [-0.4, -0.2) is 59.3 Å². The number of rotatable bonds is 7. The molecule has 1 saturated heterocycles. The van der Waals surface area contributed by atoms with E-state index >= 15 is 0 Å². The molecule has 0 radical (unpaired) electrons. The Balaban J connectivity index is 1.20. The molecular formula is C19H21ClN4O3. The fraction of sp³-hybridized carbons (Fsp3) is 0.368. The summed E-state index contributed by atoms with van der Waals surface area (Å²) in [5, 5.41) is 8.80. The first kappa shape index (κ1) is 18.0. The lowest BCUT2D eigenvalue weighted by Gasteiger charge is -2.33. The molecule has 0 bridgehead atoms. The lowest BCUT2D eigenvalue weighted by Crippen LogP contribution is -2.47. The van der Waals surface area contributed by atoms with Crippen LogP contribution in [0.2, 0.25) is 5.02 Å². The Hall–Kier alpha value is -2.35. The molecule has 27 heavy (non-hydrogen) atoms. The summed E-state index contributed by atoms with van der Waals surface area (Å²) in [7, 11) is 0. The molecule has 2 aromatic heterocycles. The third-order valence-electron chi connectivity index (χ3n) is 4.52. The van der Waals surface area contributed by atoms with Crippen LogP contribution in [0, 0.1) is 0 Å². The average molecular weight is 389 g/mol. The maximum atomic E-state index is 6.11. The summed E-state index contributed by atoms with van der Waals surface area (Å²) in [6.07, 6.45) is 1.59. The molecule has 0 unspecified atom stereocenters. The van der Waals surface area contributed by atoms with E-state index in [9.17, 15) is 0 Å². The summed E-state index contributed by atoms with van der Waals surface area (Å²) < 4.78 is 16.7. The van der Waals surface area contributed by atoms with Crippen molar-refractivity contribution in [1.29, 1.82) is 0 Å². The molecule has 8 heteroatoms. The number of hydrogen-bond acceptors (Lipinski definition) is 7. The van der Waals surface area contributed by atoms with Crippen molar-refractivity contribution in [2.45, 2.75) is 6.54 Å². The van der Waals surface area contributed by atoms with Crippen LogP contribution >= 0.6 is 11.6 Å². The lowest BCUT2D eigenvalue weighted by molar-refractivity contribution is 0.106. The van der Waals surface area contributed by atoms with Crippen LogP contribution in [0.4, 0.5) is 0 Å². The van der Waals surface area contributed by atoms with E-state index in [1.54, 1.807) is 18.4 Å². The number of furan rings is 1. The Morgan fingerprint density at radius 2 is 1.81 bits per heavy atom. The van der Waals surface area contributed by atoms with Gasteiger partial charge in [-0.25, -0.2) is 0 Å². The zero-order chi connectivity index (χ0) is 18.5. The van der Waals surface area contributed by atoms with Crippen LogP contribution in [0.3, 0.4) is 0 Å². The smallest absolute Gasteiger partial charge is 0.283 e. The van der Waals surface area contributed by atoms with Gasteiger partial charge in [-0.1, -0.05) is 23.7 Å². The Kier molecular flexibility index (Phi) is 5.72. The van der Waals surface area contributed by atoms with E-state index in [1.165, 1.54) is 0 Å². The minimum Gasteiger partial charge on any atom is -0.491 e. The number of piperazine rings is 1. The van der Waals surface area contributed by atoms with Gasteiger partial charge in [0.25, 0.3) is 5.89 Å². The van der Waals surface area contributed by atoms with Crippen molar-refractivity contribution >= 4 is 11.6 Å². The van der Waals surface area contributed by atoms with Crippen LogP contribution in [-0.2, 0) is 6.54 Å². The van der Waals surface area contributed by atoms with Gasteiger partial charge in [0.2, 0.25) is 5.89 Å². The summed E-state index contributed by atoms with van der Waals surface area (Å²) in [4.78, 5) is 4.69. The first-order valence-electron chi connectivity index (χ1n) is 8.96. The van der Waals surface area contributed by atoms with Gasteiger partial charge in [0.1, 0.15) is 12.4 Å². The highest BCUT2D eigenvalue weighted by atomic mass is 35.5.